The number of aryl methyl sites for hydroxylation is 1. The predicted octanol–water partition coefficient (Wildman–Crippen LogP) is 2.61. The molecule has 0 bridgehead atoms. The van der Waals surface area contributed by atoms with Crippen LogP contribution in [0.3, 0.4) is 0 Å². The summed E-state index contributed by atoms with van der Waals surface area (Å²) in [7, 11) is 1.86. The van der Waals surface area contributed by atoms with Gasteiger partial charge in [-0.2, -0.15) is 0 Å². The van der Waals surface area contributed by atoms with Gasteiger partial charge in [0.1, 0.15) is 0 Å². The number of piperidine rings is 1. The van der Waals surface area contributed by atoms with Gasteiger partial charge in [0.2, 0.25) is 0 Å². The van der Waals surface area contributed by atoms with Crippen LogP contribution in [-0.2, 0) is 11.2 Å². The Kier molecular flexibility index (Phi) is 3.85. The Bertz CT molecular complexity index is 381. The molecule has 94 valence electrons. The van der Waals surface area contributed by atoms with E-state index in [2.05, 4.69) is 37.4 Å². The van der Waals surface area contributed by atoms with Gasteiger partial charge in [-0.1, -0.05) is 18.2 Å². The van der Waals surface area contributed by atoms with Crippen LogP contribution in [0.5, 0.6) is 0 Å². The average molecular weight is 233 g/mol. The first-order valence-electron chi connectivity index (χ1n) is 6.48. The van der Waals surface area contributed by atoms with Crippen LogP contribution in [0.1, 0.15) is 29.5 Å². The number of ether oxygens (including phenoxy) is 1. The molecule has 0 unspecified atom stereocenters. The second-order valence-corrected chi connectivity index (χ2v) is 5.17. The first kappa shape index (κ1) is 12.6. The van der Waals surface area contributed by atoms with Crippen molar-refractivity contribution in [3.63, 3.8) is 0 Å². The highest BCUT2D eigenvalue weighted by molar-refractivity contribution is 5.34. The van der Waals surface area contributed by atoms with Crippen LogP contribution in [0.15, 0.2) is 18.2 Å². The fourth-order valence-electron chi connectivity index (χ4n) is 2.69. The largest absolute Gasteiger partial charge is 0.378 e. The van der Waals surface area contributed by atoms with Gasteiger partial charge in [0.15, 0.2) is 0 Å². The van der Waals surface area contributed by atoms with Gasteiger partial charge < -0.3 is 10.1 Å². The molecular formula is C15H23NO. The molecule has 0 saturated carbocycles. The molecule has 1 aliphatic rings. The van der Waals surface area contributed by atoms with Crippen molar-refractivity contribution in [2.45, 2.75) is 38.7 Å². The minimum absolute atomic E-state index is 0.0454. The molecule has 1 aromatic rings. The molecule has 2 nitrogen and oxygen atoms in total. The molecule has 0 radical (unpaired) electrons. The Morgan fingerprint density at radius 3 is 2.59 bits per heavy atom. The van der Waals surface area contributed by atoms with Gasteiger partial charge in [-0.25, -0.2) is 0 Å². The Labute approximate surface area is 104 Å². The number of hydrogen-bond acceptors (Lipinski definition) is 2. The van der Waals surface area contributed by atoms with Gasteiger partial charge in [-0.3, -0.25) is 0 Å². The van der Waals surface area contributed by atoms with Crippen LogP contribution in [0.25, 0.3) is 0 Å². The number of hydrogen-bond donors (Lipinski definition) is 1. The molecule has 2 rings (SSSR count). The summed E-state index contributed by atoms with van der Waals surface area (Å²) in [6.07, 6.45) is 3.26. The van der Waals surface area contributed by atoms with Crippen LogP contribution in [0.2, 0.25) is 0 Å². The van der Waals surface area contributed by atoms with E-state index in [1.807, 2.05) is 7.11 Å². The van der Waals surface area contributed by atoms with Crippen molar-refractivity contribution in [1.82, 2.24) is 5.32 Å². The van der Waals surface area contributed by atoms with E-state index in [0.717, 1.165) is 32.4 Å². The zero-order chi connectivity index (χ0) is 12.3. The molecule has 1 N–H and O–H groups in total. The average Bonchev–Trinajstić information content (AvgIpc) is 2.36. The molecule has 0 aliphatic carbocycles. The van der Waals surface area contributed by atoms with Gasteiger partial charge in [0.25, 0.3) is 0 Å². The van der Waals surface area contributed by atoms with Crippen LogP contribution < -0.4 is 5.32 Å². The van der Waals surface area contributed by atoms with Crippen LogP contribution >= 0.6 is 0 Å². The maximum absolute atomic E-state index is 5.84. The summed E-state index contributed by atoms with van der Waals surface area (Å²) in [5, 5.41) is 3.41. The second kappa shape index (κ2) is 5.19. The van der Waals surface area contributed by atoms with E-state index in [1.54, 1.807) is 0 Å². The van der Waals surface area contributed by atoms with Gasteiger partial charge >= 0.3 is 0 Å². The highest BCUT2D eigenvalue weighted by Gasteiger charge is 2.32. The predicted molar refractivity (Wildman–Crippen MR) is 71.5 cm³/mol. The highest BCUT2D eigenvalue weighted by atomic mass is 16.5. The van der Waals surface area contributed by atoms with Crippen molar-refractivity contribution >= 4 is 0 Å². The molecule has 0 spiro atoms. The number of methoxy groups -OCH3 is 1. The molecule has 1 aliphatic heterocycles. The minimum Gasteiger partial charge on any atom is -0.378 e. The summed E-state index contributed by atoms with van der Waals surface area (Å²) in [6, 6.07) is 6.58. The van der Waals surface area contributed by atoms with E-state index < -0.39 is 0 Å². The van der Waals surface area contributed by atoms with Crippen LogP contribution in [-0.4, -0.2) is 25.8 Å². The van der Waals surface area contributed by atoms with Gasteiger partial charge in [0, 0.05) is 13.5 Å². The molecular weight excluding hydrogens is 210 g/mol. The Morgan fingerprint density at radius 2 is 1.94 bits per heavy atom. The van der Waals surface area contributed by atoms with Crippen molar-refractivity contribution in [1.29, 1.82) is 0 Å². The third kappa shape index (κ3) is 2.70. The van der Waals surface area contributed by atoms with E-state index >= 15 is 0 Å². The minimum atomic E-state index is 0.0454. The molecule has 1 heterocycles. The maximum atomic E-state index is 5.84. The van der Waals surface area contributed by atoms with Gasteiger partial charge in [0.05, 0.1) is 5.60 Å². The van der Waals surface area contributed by atoms with E-state index in [1.165, 1.54) is 16.7 Å². The summed E-state index contributed by atoms with van der Waals surface area (Å²) < 4.78 is 5.84. The molecule has 0 atom stereocenters. The summed E-state index contributed by atoms with van der Waals surface area (Å²) in [5.41, 5.74) is 4.28. The highest BCUT2D eigenvalue weighted by Crippen LogP contribution is 2.28. The van der Waals surface area contributed by atoms with Crippen molar-refractivity contribution in [3.8, 4) is 0 Å². The zero-order valence-corrected chi connectivity index (χ0v) is 11.2. The van der Waals surface area contributed by atoms with E-state index in [9.17, 15) is 0 Å². The molecule has 1 fully saturated rings. The summed E-state index contributed by atoms with van der Waals surface area (Å²) >= 11 is 0. The number of benzene rings is 1. The summed E-state index contributed by atoms with van der Waals surface area (Å²) in [6.45, 7) is 6.53. The molecule has 0 amide bonds. The molecule has 1 aromatic carbocycles. The fraction of sp³-hybridized carbons (Fsp3) is 0.600. The lowest BCUT2D eigenvalue weighted by Gasteiger charge is -2.37. The van der Waals surface area contributed by atoms with Gasteiger partial charge in [-0.05, 0) is 56.5 Å². The third-order valence-corrected chi connectivity index (χ3v) is 4.18. The molecule has 0 aromatic heterocycles. The van der Waals surface area contributed by atoms with Crippen molar-refractivity contribution < 1.29 is 4.74 Å². The van der Waals surface area contributed by atoms with Crippen LogP contribution in [0.4, 0.5) is 0 Å². The van der Waals surface area contributed by atoms with Crippen molar-refractivity contribution in [2.24, 2.45) is 0 Å². The lowest BCUT2D eigenvalue weighted by atomic mass is 9.84. The Hall–Kier alpha value is -0.860. The maximum Gasteiger partial charge on any atom is 0.0743 e. The summed E-state index contributed by atoms with van der Waals surface area (Å²) in [4.78, 5) is 0. The number of nitrogens with one attached hydrogen (secondary N) is 1. The lowest BCUT2D eigenvalue weighted by Crippen LogP contribution is -2.45. The molecule has 2 heteroatoms. The van der Waals surface area contributed by atoms with Crippen molar-refractivity contribution in [2.75, 3.05) is 20.2 Å². The first-order valence-corrected chi connectivity index (χ1v) is 6.48. The monoisotopic (exact) mass is 233 g/mol. The van der Waals surface area contributed by atoms with E-state index in [0.29, 0.717) is 0 Å². The molecule has 17 heavy (non-hydrogen) atoms. The Balaban J connectivity index is 2.20. The van der Waals surface area contributed by atoms with E-state index in [-0.39, 0.29) is 5.60 Å². The Morgan fingerprint density at radius 1 is 1.24 bits per heavy atom. The number of rotatable bonds is 3. The standard InChI is InChI=1S/C15H23NO/c1-12-5-4-6-14(13(12)2)11-15(17-3)7-9-16-10-8-15/h4-6,16H,7-11H2,1-3H3. The van der Waals surface area contributed by atoms with Gasteiger partial charge in [-0.15, -0.1) is 0 Å². The smallest absolute Gasteiger partial charge is 0.0743 e. The van der Waals surface area contributed by atoms with E-state index in [4.69, 9.17) is 4.74 Å². The quantitative estimate of drug-likeness (QED) is 0.866. The second-order valence-electron chi connectivity index (χ2n) is 5.17. The van der Waals surface area contributed by atoms with Crippen molar-refractivity contribution in [3.05, 3.63) is 34.9 Å². The first-order chi connectivity index (χ1) is 8.17. The zero-order valence-electron chi connectivity index (χ0n) is 11.2. The fourth-order valence-corrected chi connectivity index (χ4v) is 2.69. The van der Waals surface area contributed by atoms with Crippen LogP contribution in [0, 0.1) is 13.8 Å². The topological polar surface area (TPSA) is 21.3 Å². The molecule has 1 saturated heterocycles. The normalized spacial score (nSPS) is 19.2. The summed E-state index contributed by atoms with van der Waals surface area (Å²) in [5.74, 6) is 0. The third-order valence-electron chi connectivity index (χ3n) is 4.18. The SMILES string of the molecule is COC1(Cc2cccc(C)c2C)CCNCC1. The lowest BCUT2D eigenvalue weighted by molar-refractivity contribution is -0.0334.